The number of hydrogen-bond donors (Lipinski definition) is 2. The van der Waals surface area contributed by atoms with E-state index < -0.39 is 4.92 Å². The molecule has 2 rings (SSSR count). The summed E-state index contributed by atoms with van der Waals surface area (Å²) in [6.07, 6.45) is 0. The topological polar surface area (TPSA) is 69.2 Å². The Labute approximate surface area is 88.9 Å². The molecule has 0 bridgehead atoms. The van der Waals surface area contributed by atoms with Crippen LogP contribution in [-0.4, -0.2) is 4.92 Å². The van der Waals surface area contributed by atoms with Gasteiger partial charge in [-0.25, -0.2) is 0 Å². The first kappa shape index (κ1) is 9.29. The molecule has 0 radical (unpaired) electrons. The van der Waals surface area contributed by atoms with Gasteiger partial charge in [-0.05, 0) is 6.07 Å². The number of thiophene rings is 1. The molecule has 6 heteroatoms. The van der Waals surface area contributed by atoms with E-state index in [2.05, 4.69) is 12.6 Å². The second kappa shape index (κ2) is 3.14. The van der Waals surface area contributed by atoms with Crippen LogP contribution >= 0.6 is 24.0 Å². The number of nitro benzene ring substituents is 1. The highest BCUT2D eigenvalue weighted by Crippen LogP contribution is 2.37. The van der Waals surface area contributed by atoms with E-state index in [-0.39, 0.29) is 11.4 Å². The Morgan fingerprint density at radius 1 is 1.50 bits per heavy atom. The predicted molar refractivity (Wildman–Crippen MR) is 60.1 cm³/mol. The van der Waals surface area contributed by atoms with Crippen LogP contribution < -0.4 is 5.73 Å². The highest BCUT2D eigenvalue weighted by atomic mass is 32.1. The molecule has 1 aromatic heterocycles. The van der Waals surface area contributed by atoms with Crippen molar-refractivity contribution in [1.29, 1.82) is 0 Å². The van der Waals surface area contributed by atoms with Gasteiger partial charge in [0.2, 0.25) is 0 Å². The molecule has 0 unspecified atom stereocenters. The van der Waals surface area contributed by atoms with Crippen LogP contribution in [0.25, 0.3) is 10.1 Å². The highest BCUT2D eigenvalue weighted by molar-refractivity contribution is 7.80. The van der Waals surface area contributed by atoms with Gasteiger partial charge in [0, 0.05) is 21.7 Å². The summed E-state index contributed by atoms with van der Waals surface area (Å²) in [5.74, 6) is 0. The van der Waals surface area contributed by atoms with Crippen molar-refractivity contribution >= 4 is 45.4 Å². The van der Waals surface area contributed by atoms with Gasteiger partial charge in [-0.15, -0.1) is 24.0 Å². The molecule has 0 aliphatic rings. The summed E-state index contributed by atoms with van der Waals surface area (Å²) in [6.45, 7) is 0. The van der Waals surface area contributed by atoms with Gasteiger partial charge in [-0.3, -0.25) is 10.1 Å². The number of rotatable bonds is 1. The summed E-state index contributed by atoms with van der Waals surface area (Å²) in [5, 5.41) is 13.3. The zero-order chi connectivity index (χ0) is 10.3. The Morgan fingerprint density at radius 2 is 2.21 bits per heavy atom. The van der Waals surface area contributed by atoms with E-state index in [9.17, 15) is 10.1 Å². The molecule has 0 saturated heterocycles. The molecule has 1 aromatic carbocycles. The molecule has 0 aliphatic carbocycles. The minimum Gasteiger partial charge on any atom is -0.392 e. The monoisotopic (exact) mass is 226 g/mol. The summed E-state index contributed by atoms with van der Waals surface area (Å²) >= 11 is 5.59. The van der Waals surface area contributed by atoms with Crippen LogP contribution in [0.4, 0.5) is 11.4 Å². The lowest BCUT2D eigenvalue weighted by atomic mass is 10.2. The maximum Gasteiger partial charge on any atom is 0.293 e. The van der Waals surface area contributed by atoms with Gasteiger partial charge in [0.05, 0.1) is 9.62 Å². The SMILES string of the molecule is Nc1c([N+](=O)[O-])ccc2c(S)csc12. The minimum atomic E-state index is -0.479. The maximum atomic E-state index is 10.6. The van der Waals surface area contributed by atoms with Crippen LogP contribution in [0.3, 0.4) is 0 Å². The lowest BCUT2D eigenvalue weighted by Crippen LogP contribution is -1.94. The van der Waals surface area contributed by atoms with Gasteiger partial charge < -0.3 is 5.73 Å². The molecule has 14 heavy (non-hydrogen) atoms. The Kier molecular flexibility index (Phi) is 2.09. The molecule has 0 amide bonds. The predicted octanol–water partition coefficient (Wildman–Crippen LogP) is 2.68. The van der Waals surface area contributed by atoms with Crippen molar-refractivity contribution in [3.05, 3.63) is 27.6 Å². The average molecular weight is 226 g/mol. The van der Waals surface area contributed by atoms with Crippen LogP contribution in [-0.2, 0) is 0 Å². The summed E-state index contributed by atoms with van der Waals surface area (Å²) < 4.78 is 0.726. The fourth-order valence-corrected chi connectivity index (χ4v) is 2.57. The molecule has 4 nitrogen and oxygen atoms in total. The van der Waals surface area contributed by atoms with Crippen molar-refractivity contribution in [3.8, 4) is 0 Å². The van der Waals surface area contributed by atoms with Gasteiger partial charge in [0.15, 0.2) is 0 Å². The van der Waals surface area contributed by atoms with Gasteiger partial charge in [-0.1, -0.05) is 0 Å². The maximum absolute atomic E-state index is 10.6. The quantitative estimate of drug-likeness (QED) is 0.340. The fourth-order valence-electron chi connectivity index (χ4n) is 1.26. The smallest absolute Gasteiger partial charge is 0.293 e. The molecule has 1 heterocycles. The van der Waals surface area contributed by atoms with Gasteiger partial charge in [0.1, 0.15) is 5.69 Å². The molecule has 0 saturated carbocycles. The van der Waals surface area contributed by atoms with Crippen LogP contribution in [0, 0.1) is 10.1 Å². The second-order valence-corrected chi connectivity index (χ2v) is 4.11. The number of nitrogens with two attached hydrogens (primary N) is 1. The molecule has 0 fully saturated rings. The summed E-state index contributed by atoms with van der Waals surface area (Å²) in [7, 11) is 0. The fraction of sp³-hybridized carbons (Fsp3) is 0. The van der Waals surface area contributed by atoms with E-state index in [1.165, 1.54) is 17.4 Å². The van der Waals surface area contributed by atoms with Crippen molar-refractivity contribution in [3.63, 3.8) is 0 Å². The molecule has 2 aromatic rings. The molecular formula is C8H6N2O2S2. The minimum absolute atomic E-state index is 0.0484. The Morgan fingerprint density at radius 3 is 2.86 bits per heavy atom. The standard InChI is InChI=1S/C8H6N2O2S2/c9-7-5(10(11)12)2-1-4-6(13)3-14-8(4)7/h1-3,13H,9H2. The summed E-state index contributed by atoms with van der Waals surface area (Å²) in [4.78, 5) is 10.9. The molecule has 72 valence electrons. The molecular weight excluding hydrogens is 220 g/mol. The number of benzene rings is 1. The zero-order valence-corrected chi connectivity index (χ0v) is 8.64. The Bertz CT molecular complexity index is 521. The lowest BCUT2D eigenvalue weighted by Gasteiger charge is -1.98. The molecule has 0 spiro atoms. The highest BCUT2D eigenvalue weighted by Gasteiger charge is 2.15. The third-order valence-electron chi connectivity index (χ3n) is 1.93. The van der Waals surface area contributed by atoms with E-state index in [1.807, 2.05) is 5.38 Å². The number of anilines is 1. The third kappa shape index (κ3) is 1.23. The summed E-state index contributed by atoms with van der Waals surface area (Å²) in [5.41, 5.74) is 5.84. The van der Waals surface area contributed by atoms with E-state index in [4.69, 9.17) is 5.73 Å². The number of thiol groups is 1. The van der Waals surface area contributed by atoms with E-state index in [0.29, 0.717) is 0 Å². The van der Waals surface area contributed by atoms with Crippen LogP contribution in [0.1, 0.15) is 0 Å². The largest absolute Gasteiger partial charge is 0.392 e. The first-order valence-electron chi connectivity index (χ1n) is 3.74. The normalized spacial score (nSPS) is 10.6. The van der Waals surface area contributed by atoms with E-state index in [0.717, 1.165) is 15.0 Å². The average Bonchev–Trinajstić information content (AvgIpc) is 2.49. The Balaban J connectivity index is 2.82. The van der Waals surface area contributed by atoms with Crippen molar-refractivity contribution in [2.45, 2.75) is 4.90 Å². The molecule has 0 aliphatic heterocycles. The van der Waals surface area contributed by atoms with Crippen molar-refractivity contribution in [2.75, 3.05) is 5.73 Å². The van der Waals surface area contributed by atoms with Crippen molar-refractivity contribution < 1.29 is 4.92 Å². The number of nitrogens with zero attached hydrogens (tertiary/aromatic N) is 1. The number of hydrogen-bond acceptors (Lipinski definition) is 5. The van der Waals surface area contributed by atoms with Crippen LogP contribution in [0.5, 0.6) is 0 Å². The summed E-state index contributed by atoms with van der Waals surface area (Å²) in [6, 6.07) is 3.08. The zero-order valence-electron chi connectivity index (χ0n) is 6.93. The van der Waals surface area contributed by atoms with Gasteiger partial charge in [0.25, 0.3) is 5.69 Å². The number of fused-ring (bicyclic) bond motifs is 1. The second-order valence-electron chi connectivity index (χ2n) is 2.75. The van der Waals surface area contributed by atoms with Gasteiger partial charge in [-0.2, -0.15) is 0 Å². The molecule has 2 N–H and O–H groups in total. The molecule has 0 atom stereocenters. The van der Waals surface area contributed by atoms with Crippen LogP contribution in [0.2, 0.25) is 0 Å². The number of nitrogen functional groups attached to an aromatic ring is 1. The first-order chi connectivity index (χ1) is 6.61. The van der Waals surface area contributed by atoms with Gasteiger partial charge >= 0.3 is 0 Å². The lowest BCUT2D eigenvalue weighted by molar-refractivity contribution is -0.383. The van der Waals surface area contributed by atoms with E-state index >= 15 is 0 Å². The third-order valence-corrected chi connectivity index (χ3v) is 3.51. The first-order valence-corrected chi connectivity index (χ1v) is 5.07. The van der Waals surface area contributed by atoms with E-state index in [1.54, 1.807) is 6.07 Å². The van der Waals surface area contributed by atoms with Crippen LogP contribution in [0.15, 0.2) is 22.4 Å². The van der Waals surface area contributed by atoms with Crippen molar-refractivity contribution in [1.82, 2.24) is 0 Å². The Hall–Kier alpha value is -1.27. The number of nitro groups is 1. The van der Waals surface area contributed by atoms with Crippen molar-refractivity contribution in [2.24, 2.45) is 0 Å².